The fourth-order valence-electron chi connectivity index (χ4n) is 6.18. The van der Waals surface area contributed by atoms with E-state index in [0.29, 0.717) is 25.0 Å². The first-order chi connectivity index (χ1) is 20.0. The third-order valence-corrected chi connectivity index (χ3v) is 9.75. The fraction of sp³-hybridized carbons (Fsp3) is 0.353. The van der Waals surface area contributed by atoms with E-state index in [1.165, 1.54) is 5.56 Å². The molecule has 2 aromatic carbocycles. The van der Waals surface area contributed by atoms with Gasteiger partial charge in [-0.1, -0.05) is 106 Å². The van der Waals surface area contributed by atoms with E-state index in [-0.39, 0.29) is 62.6 Å². The molecule has 10 heteroatoms. The van der Waals surface area contributed by atoms with Crippen LogP contribution in [0, 0.1) is 0 Å². The molecule has 1 aliphatic carbocycles. The van der Waals surface area contributed by atoms with Gasteiger partial charge >= 0.3 is 51.4 Å². The van der Waals surface area contributed by atoms with Gasteiger partial charge in [0, 0.05) is 34.5 Å². The van der Waals surface area contributed by atoms with E-state index in [2.05, 4.69) is 50.8 Å². The van der Waals surface area contributed by atoms with Gasteiger partial charge in [-0.15, -0.1) is 0 Å². The zero-order valence-electron chi connectivity index (χ0n) is 26.4. The minimum Gasteiger partial charge on any atom is -0.748 e. The van der Waals surface area contributed by atoms with E-state index in [1.807, 2.05) is 73.7 Å². The van der Waals surface area contributed by atoms with Crippen LogP contribution in [-0.2, 0) is 31.1 Å². The number of allylic oxidation sites excluding steroid dienone is 9. The normalized spacial score (nSPS) is 18.8. The molecule has 0 atom stereocenters. The summed E-state index contributed by atoms with van der Waals surface area (Å²) in [6.45, 7) is 11.0. The van der Waals surface area contributed by atoms with E-state index in [1.54, 1.807) is 0 Å². The number of nitrogens with zero attached hydrogens (tertiary/aromatic N) is 1. The van der Waals surface area contributed by atoms with Gasteiger partial charge in [-0.05, 0) is 59.7 Å². The molecule has 230 valence electrons. The van der Waals surface area contributed by atoms with Crippen molar-refractivity contribution in [3.8, 4) is 0 Å². The van der Waals surface area contributed by atoms with Crippen molar-refractivity contribution in [2.75, 3.05) is 23.0 Å². The molecule has 0 spiro atoms. The Morgan fingerprint density at radius 3 is 2.20 bits per heavy atom. The molecule has 0 saturated heterocycles. The molecule has 0 aromatic heterocycles. The van der Waals surface area contributed by atoms with Gasteiger partial charge < -0.3 is 9.45 Å². The average molecular weight is 662 g/mol. The van der Waals surface area contributed by atoms with Gasteiger partial charge in [0.2, 0.25) is 0 Å². The molecule has 0 radical (unpaired) electrons. The fourth-order valence-corrected chi connectivity index (χ4v) is 7.41. The summed E-state index contributed by atoms with van der Waals surface area (Å²) in [6.07, 6.45) is 12.8. The molecule has 0 bridgehead atoms. The first-order valence-electron chi connectivity index (χ1n) is 14.4. The van der Waals surface area contributed by atoms with Gasteiger partial charge in [0.05, 0.1) is 10.1 Å². The minimum atomic E-state index is -4.23. The summed E-state index contributed by atoms with van der Waals surface area (Å²) in [6, 6.07) is 15.9. The van der Waals surface area contributed by atoms with E-state index in [0.717, 1.165) is 33.7 Å². The minimum absolute atomic E-state index is 0. The van der Waals surface area contributed by atoms with E-state index >= 15 is 0 Å². The van der Waals surface area contributed by atoms with E-state index in [9.17, 15) is 25.9 Å². The largest absolute Gasteiger partial charge is 1.00 e. The summed E-state index contributed by atoms with van der Waals surface area (Å²) in [5.41, 5.74) is 7.01. The van der Waals surface area contributed by atoms with Crippen LogP contribution in [0.4, 0.5) is 5.69 Å². The Hall–Kier alpha value is -1.60. The second-order valence-electron chi connectivity index (χ2n) is 12.2. The van der Waals surface area contributed by atoms with Gasteiger partial charge in [-0.3, -0.25) is 4.55 Å². The zero-order valence-corrected chi connectivity index (χ0v) is 31.1. The molecule has 0 amide bonds. The summed E-state index contributed by atoms with van der Waals surface area (Å²) >= 11 is 0. The molecular weight excluding hydrogens is 622 g/mol. The van der Waals surface area contributed by atoms with Crippen LogP contribution in [0.1, 0.15) is 64.2 Å². The summed E-state index contributed by atoms with van der Waals surface area (Å²) in [5.74, 6) is -0.801. The SMILES string of the molecule is CC(=C/C=C/C1=C(CS(=O)(=O)O)c2ccccc2C1(C)C)/C=C/C=C1/N(CCCCS(=O)(=O)[O-])c2ccccc2C1(C)C.[K+]. The summed E-state index contributed by atoms with van der Waals surface area (Å²) in [5, 5.41) is 0. The Morgan fingerprint density at radius 1 is 0.909 bits per heavy atom. The molecule has 44 heavy (non-hydrogen) atoms. The maximum atomic E-state index is 11.8. The van der Waals surface area contributed by atoms with Gasteiger partial charge in [0.1, 0.15) is 5.75 Å². The second kappa shape index (κ2) is 14.4. The maximum absolute atomic E-state index is 11.8. The van der Waals surface area contributed by atoms with Crippen molar-refractivity contribution in [3.05, 3.63) is 119 Å². The monoisotopic (exact) mass is 661 g/mol. The van der Waals surface area contributed by atoms with Crippen LogP contribution < -0.4 is 56.3 Å². The first-order valence-corrected chi connectivity index (χ1v) is 17.5. The van der Waals surface area contributed by atoms with Crippen molar-refractivity contribution in [1.82, 2.24) is 0 Å². The quantitative estimate of drug-likeness (QED) is 0.169. The number of hydrogen-bond acceptors (Lipinski definition) is 6. The van der Waals surface area contributed by atoms with E-state index in [4.69, 9.17) is 0 Å². The van der Waals surface area contributed by atoms with Crippen molar-refractivity contribution in [1.29, 1.82) is 0 Å². The molecule has 2 aliphatic rings. The van der Waals surface area contributed by atoms with Gasteiger partial charge in [-0.25, -0.2) is 8.42 Å². The number of rotatable bonds is 11. The third-order valence-electron chi connectivity index (χ3n) is 8.31. The molecule has 1 heterocycles. The predicted molar refractivity (Wildman–Crippen MR) is 174 cm³/mol. The smallest absolute Gasteiger partial charge is 0.748 e. The molecule has 0 unspecified atom stereocenters. The molecule has 1 aliphatic heterocycles. The standard InChI is InChI=1S/C34H41NO6S2.K/c1-25(14-12-19-29-27(24-43(39,40)41)26-16-6-7-17-28(26)33(29,2)3)15-13-21-32-34(4,5)30-18-8-9-20-31(30)35(32)22-10-11-23-42(36,37)38;/h6-9,12-21H,10-11,22-24H2,1-5H3,(H,36,37,38)(H,39,40,41);/q;+1/p-1/b15-13+,19-12+,25-14-,32-21+;. The molecule has 2 aromatic rings. The number of fused-ring (bicyclic) bond motifs is 2. The van der Waals surface area contributed by atoms with Crippen molar-refractivity contribution in [2.24, 2.45) is 0 Å². The third kappa shape index (κ3) is 8.60. The Morgan fingerprint density at radius 2 is 1.55 bits per heavy atom. The molecular formula is C34H40KNO6S2. The topological polar surface area (TPSA) is 115 Å². The summed E-state index contributed by atoms with van der Waals surface area (Å²) in [7, 11) is -8.44. The Kier molecular flexibility index (Phi) is 12.1. The second-order valence-corrected chi connectivity index (χ2v) is 15.2. The van der Waals surface area contributed by atoms with Crippen molar-refractivity contribution in [2.45, 2.75) is 58.3 Å². The van der Waals surface area contributed by atoms with Crippen LogP contribution in [0.2, 0.25) is 0 Å². The molecule has 0 saturated carbocycles. The summed E-state index contributed by atoms with van der Waals surface area (Å²) in [4.78, 5) is 2.21. The zero-order chi connectivity index (χ0) is 31.6. The number of para-hydroxylation sites is 1. The molecule has 1 N–H and O–H groups in total. The van der Waals surface area contributed by atoms with Gasteiger partial charge in [0.15, 0.2) is 0 Å². The number of benzene rings is 2. The van der Waals surface area contributed by atoms with Crippen LogP contribution in [-0.4, -0.2) is 44.0 Å². The number of hydrogen-bond donors (Lipinski definition) is 1. The average Bonchev–Trinajstić information content (AvgIpc) is 3.25. The van der Waals surface area contributed by atoms with Crippen LogP contribution in [0.15, 0.2) is 102 Å². The van der Waals surface area contributed by atoms with E-state index < -0.39 is 31.4 Å². The predicted octanol–water partition coefficient (Wildman–Crippen LogP) is 3.69. The van der Waals surface area contributed by atoms with Gasteiger partial charge in [0.25, 0.3) is 10.1 Å². The van der Waals surface area contributed by atoms with Crippen LogP contribution >= 0.6 is 0 Å². The molecule has 4 rings (SSSR count). The van der Waals surface area contributed by atoms with Crippen molar-refractivity contribution >= 4 is 31.5 Å². The molecule has 7 nitrogen and oxygen atoms in total. The maximum Gasteiger partial charge on any atom is 1.00 e. The van der Waals surface area contributed by atoms with Crippen LogP contribution in [0.25, 0.3) is 5.57 Å². The Bertz CT molecular complexity index is 1760. The van der Waals surface area contributed by atoms with Crippen molar-refractivity contribution < 1.29 is 77.3 Å². The summed E-state index contributed by atoms with van der Waals surface area (Å²) < 4.78 is 66.5. The van der Waals surface area contributed by atoms with Gasteiger partial charge in [-0.2, -0.15) is 8.42 Å². The van der Waals surface area contributed by atoms with Crippen molar-refractivity contribution in [3.63, 3.8) is 0 Å². The van der Waals surface area contributed by atoms with Crippen LogP contribution in [0.3, 0.4) is 0 Å². The molecule has 0 fully saturated rings. The first kappa shape index (κ1) is 36.9. The Labute approximate surface area is 305 Å². The number of anilines is 1. The van der Waals surface area contributed by atoms with Crippen LogP contribution in [0.5, 0.6) is 0 Å². The Balaban J connectivity index is 0.00000529. The number of unbranched alkanes of at least 4 members (excludes halogenated alkanes) is 1.